The number of carbonyl (C=O) groups is 2. The van der Waals surface area contributed by atoms with Gasteiger partial charge in [-0.1, -0.05) is 34.1 Å². The van der Waals surface area contributed by atoms with E-state index in [1.807, 2.05) is 25.1 Å². The topological polar surface area (TPSA) is 87.7 Å². The molecule has 3 N–H and O–H groups in total. The van der Waals surface area contributed by atoms with Gasteiger partial charge in [-0.15, -0.1) is 0 Å². The van der Waals surface area contributed by atoms with Crippen LogP contribution in [0.25, 0.3) is 0 Å². The number of rotatable bonds is 5. The van der Waals surface area contributed by atoms with Gasteiger partial charge in [0, 0.05) is 4.47 Å². The van der Waals surface area contributed by atoms with Crippen molar-refractivity contribution in [3.05, 3.63) is 58.1 Å². The van der Waals surface area contributed by atoms with Crippen molar-refractivity contribution in [3.63, 3.8) is 0 Å². The predicted octanol–water partition coefficient (Wildman–Crippen LogP) is 3.35. The van der Waals surface area contributed by atoms with Crippen LogP contribution in [0.2, 0.25) is 0 Å². The lowest BCUT2D eigenvalue weighted by molar-refractivity contribution is -0.121. The van der Waals surface area contributed by atoms with Gasteiger partial charge in [0.25, 0.3) is 5.91 Å². The van der Waals surface area contributed by atoms with E-state index in [-0.39, 0.29) is 23.0 Å². The van der Waals surface area contributed by atoms with Crippen molar-refractivity contribution in [2.24, 2.45) is 0 Å². The lowest BCUT2D eigenvalue weighted by Crippen LogP contribution is -2.37. The fraction of sp³-hybridized carbons (Fsp3) is 0.118. The van der Waals surface area contributed by atoms with Gasteiger partial charge in [0.2, 0.25) is 0 Å². The number of aromatic carboxylic acids is 1. The molecule has 0 atom stereocenters. The van der Waals surface area contributed by atoms with E-state index in [2.05, 4.69) is 26.6 Å². The van der Waals surface area contributed by atoms with Crippen molar-refractivity contribution in [2.45, 2.75) is 6.92 Å². The van der Waals surface area contributed by atoms with Crippen molar-refractivity contribution in [1.82, 2.24) is 5.32 Å². The summed E-state index contributed by atoms with van der Waals surface area (Å²) in [6.07, 6.45) is 0. The van der Waals surface area contributed by atoms with Crippen molar-refractivity contribution in [1.29, 1.82) is 0 Å². The van der Waals surface area contributed by atoms with E-state index in [0.29, 0.717) is 10.2 Å². The summed E-state index contributed by atoms with van der Waals surface area (Å²) < 4.78 is 6.05. The Balaban J connectivity index is 1.93. The minimum atomic E-state index is -1.11. The summed E-state index contributed by atoms with van der Waals surface area (Å²) in [6.45, 7) is 1.67. The van der Waals surface area contributed by atoms with Crippen LogP contribution >= 0.6 is 28.1 Å². The second kappa shape index (κ2) is 8.59. The smallest absolute Gasteiger partial charge is 0.337 e. The maximum absolute atomic E-state index is 11.9. The van der Waals surface area contributed by atoms with Crippen LogP contribution in [0.1, 0.15) is 15.9 Å². The van der Waals surface area contributed by atoms with E-state index < -0.39 is 11.9 Å². The number of nitrogens with one attached hydrogen (secondary N) is 2. The molecule has 2 aromatic rings. The van der Waals surface area contributed by atoms with Crippen LogP contribution in [0.4, 0.5) is 5.69 Å². The highest BCUT2D eigenvalue weighted by Gasteiger charge is 2.13. The molecular formula is C17H15BrN2O4S. The van der Waals surface area contributed by atoms with Gasteiger partial charge in [0.15, 0.2) is 11.7 Å². The Labute approximate surface area is 158 Å². The Morgan fingerprint density at radius 1 is 1.24 bits per heavy atom. The van der Waals surface area contributed by atoms with Gasteiger partial charge in [0.05, 0.1) is 11.3 Å². The molecule has 0 aliphatic carbocycles. The summed E-state index contributed by atoms with van der Waals surface area (Å²) >= 11 is 8.25. The molecule has 0 aromatic heterocycles. The summed E-state index contributed by atoms with van der Waals surface area (Å²) in [7, 11) is 0. The number of hydrogen-bond acceptors (Lipinski definition) is 4. The number of carboxylic acid groups (broad SMARTS) is 1. The number of amides is 1. The normalized spacial score (nSPS) is 10.0. The van der Waals surface area contributed by atoms with Crippen LogP contribution in [0.3, 0.4) is 0 Å². The van der Waals surface area contributed by atoms with Gasteiger partial charge < -0.3 is 15.2 Å². The fourth-order valence-corrected chi connectivity index (χ4v) is 2.57. The molecule has 8 heteroatoms. The Kier molecular flexibility index (Phi) is 6.49. The molecule has 0 bridgehead atoms. The molecule has 1 amide bonds. The Bertz CT molecular complexity index is 826. The van der Waals surface area contributed by atoms with E-state index in [1.54, 1.807) is 18.2 Å². The van der Waals surface area contributed by atoms with E-state index in [9.17, 15) is 14.7 Å². The number of benzene rings is 2. The van der Waals surface area contributed by atoms with E-state index in [0.717, 1.165) is 5.56 Å². The van der Waals surface area contributed by atoms with Gasteiger partial charge in [-0.2, -0.15) is 0 Å². The maximum atomic E-state index is 11.9. The zero-order valence-electron chi connectivity index (χ0n) is 13.2. The fourth-order valence-electron chi connectivity index (χ4n) is 1.98. The lowest BCUT2D eigenvalue weighted by Gasteiger charge is -2.13. The first-order valence-corrected chi connectivity index (χ1v) is 8.39. The maximum Gasteiger partial charge on any atom is 0.337 e. The zero-order chi connectivity index (χ0) is 18.4. The third kappa shape index (κ3) is 5.54. The van der Waals surface area contributed by atoms with Crippen LogP contribution in [0.5, 0.6) is 5.75 Å². The monoisotopic (exact) mass is 422 g/mol. The second-order valence-electron chi connectivity index (χ2n) is 5.05. The number of aryl methyl sites for hydroxylation is 1. The van der Waals surface area contributed by atoms with Crippen molar-refractivity contribution < 1.29 is 19.4 Å². The SMILES string of the molecule is Cc1ccccc1OCC(=O)NC(=S)Nc1ccc(Br)cc1C(=O)O. The van der Waals surface area contributed by atoms with Gasteiger partial charge in [-0.3, -0.25) is 10.1 Å². The quantitative estimate of drug-likeness (QED) is 0.640. The minimum Gasteiger partial charge on any atom is -0.483 e. The summed E-state index contributed by atoms with van der Waals surface area (Å²) in [5.74, 6) is -0.951. The first-order valence-electron chi connectivity index (χ1n) is 7.19. The Morgan fingerprint density at radius 2 is 1.96 bits per heavy atom. The molecule has 0 heterocycles. The molecule has 0 spiro atoms. The molecule has 0 aliphatic heterocycles. The van der Waals surface area contributed by atoms with Crippen molar-refractivity contribution in [2.75, 3.05) is 11.9 Å². The molecule has 0 aliphatic rings. The first kappa shape index (κ1) is 18.9. The molecule has 0 radical (unpaired) electrons. The number of anilines is 1. The van der Waals surface area contributed by atoms with Crippen LogP contribution in [0.15, 0.2) is 46.9 Å². The number of hydrogen-bond donors (Lipinski definition) is 3. The third-order valence-electron chi connectivity index (χ3n) is 3.17. The Morgan fingerprint density at radius 3 is 2.64 bits per heavy atom. The first-order chi connectivity index (χ1) is 11.9. The highest BCUT2D eigenvalue weighted by molar-refractivity contribution is 9.10. The molecule has 0 saturated carbocycles. The number of carbonyl (C=O) groups excluding carboxylic acids is 1. The van der Waals surface area contributed by atoms with Crippen LogP contribution in [-0.2, 0) is 4.79 Å². The summed E-state index contributed by atoms with van der Waals surface area (Å²) in [4.78, 5) is 23.2. The number of halogens is 1. The molecule has 0 unspecified atom stereocenters. The van der Waals surface area contributed by atoms with Crippen molar-refractivity contribution >= 4 is 50.8 Å². The summed E-state index contributed by atoms with van der Waals surface area (Å²) in [6, 6.07) is 12.0. The van der Waals surface area contributed by atoms with Gasteiger partial charge in [-0.05, 0) is 49.0 Å². The number of thiocarbonyl (C=S) groups is 1. The highest BCUT2D eigenvalue weighted by Crippen LogP contribution is 2.21. The molecule has 0 saturated heterocycles. The van der Waals surface area contributed by atoms with E-state index in [1.165, 1.54) is 6.07 Å². The molecular weight excluding hydrogens is 408 g/mol. The number of para-hydroxylation sites is 1. The average molecular weight is 423 g/mol. The summed E-state index contributed by atoms with van der Waals surface area (Å²) in [5.41, 5.74) is 1.22. The molecule has 2 aromatic carbocycles. The van der Waals surface area contributed by atoms with Crippen LogP contribution < -0.4 is 15.4 Å². The van der Waals surface area contributed by atoms with Crippen molar-refractivity contribution in [3.8, 4) is 5.75 Å². The zero-order valence-corrected chi connectivity index (χ0v) is 15.6. The largest absolute Gasteiger partial charge is 0.483 e. The van der Waals surface area contributed by atoms with Crippen LogP contribution in [0, 0.1) is 6.92 Å². The number of carboxylic acids is 1. The molecule has 25 heavy (non-hydrogen) atoms. The molecule has 0 fully saturated rings. The molecule has 6 nitrogen and oxygen atoms in total. The molecule has 2 rings (SSSR count). The Hall–Kier alpha value is -2.45. The summed E-state index contributed by atoms with van der Waals surface area (Å²) in [5, 5.41) is 14.4. The van der Waals surface area contributed by atoms with Gasteiger partial charge >= 0.3 is 5.97 Å². The predicted molar refractivity (Wildman–Crippen MR) is 102 cm³/mol. The number of ether oxygens (including phenoxy) is 1. The lowest BCUT2D eigenvalue weighted by atomic mass is 10.2. The average Bonchev–Trinajstić information content (AvgIpc) is 2.55. The minimum absolute atomic E-state index is 0.0109. The highest BCUT2D eigenvalue weighted by atomic mass is 79.9. The molecule has 130 valence electrons. The second-order valence-corrected chi connectivity index (χ2v) is 6.38. The van der Waals surface area contributed by atoms with Gasteiger partial charge in [-0.25, -0.2) is 4.79 Å². The van der Waals surface area contributed by atoms with E-state index >= 15 is 0 Å². The van der Waals surface area contributed by atoms with Gasteiger partial charge in [0.1, 0.15) is 5.75 Å². The standard InChI is InChI=1S/C17H15BrN2O4S/c1-10-4-2-3-5-14(10)24-9-15(21)20-17(25)19-13-7-6-11(18)8-12(13)16(22)23/h2-8H,9H2,1H3,(H,22,23)(H2,19,20,21,25). The van der Waals surface area contributed by atoms with E-state index in [4.69, 9.17) is 17.0 Å². The third-order valence-corrected chi connectivity index (χ3v) is 3.86. The van der Waals surface area contributed by atoms with Crippen LogP contribution in [-0.4, -0.2) is 28.7 Å².